The minimum absolute atomic E-state index is 0.0114. The van der Waals surface area contributed by atoms with Crippen molar-refractivity contribution in [2.24, 2.45) is 0 Å². The Hall–Kier alpha value is -2.12. The standard InChI is InChI=1S/C20H32N4O3/c1-4-21-18(25)14-23-9-11-24(12-10-23)15-19(26)22-8-13-27-20-16(2)6-5-7-17(20)3/h5-7H,4,8-15H2,1-3H3,(H,21,25)(H,22,26). The fraction of sp³-hybridized carbons (Fsp3) is 0.600. The molecule has 0 bridgehead atoms. The van der Waals surface area contributed by atoms with Crippen LogP contribution in [0.2, 0.25) is 0 Å². The third-order valence-electron chi connectivity index (χ3n) is 4.65. The molecule has 0 spiro atoms. The van der Waals surface area contributed by atoms with Gasteiger partial charge in [-0.3, -0.25) is 19.4 Å². The Labute approximate surface area is 162 Å². The third-order valence-corrected chi connectivity index (χ3v) is 4.65. The first kappa shape index (κ1) is 21.2. The Kier molecular flexibility index (Phi) is 8.54. The zero-order chi connectivity index (χ0) is 19.6. The van der Waals surface area contributed by atoms with Crippen molar-refractivity contribution in [2.45, 2.75) is 20.8 Å². The highest BCUT2D eigenvalue weighted by Crippen LogP contribution is 2.21. The van der Waals surface area contributed by atoms with Crippen LogP contribution < -0.4 is 15.4 Å². The third kappa shape index (κ3) is 7.19. The highest BCUT2D eigenvalue weighted by Gasteiger charge is 2.20. The van der Waals surface area contributed by atoms with Gasteiger partial charge in [0.1, 0.15) is 12.4 Å². The number of amides is 2. The van der Waals surface area contributed by atoms with Gasteiger partial charge >= 0.3 is 0 Å². The summed E-state index contributed by atoms with van der Waals surface area (Å²) in [5.74, 6) is 0.972. The molecule has 1 heterocycles. The van der Waals surface area contributed by atoms with Crippen molar-refractivity contribution in [3.05, 3.63) is 29.3 Å². The second-order valence-corrected chi connectivity index (χ2v) is 6.93. The molecule has 2 rings (SSSR count). The molecule has 0 aromatic heterocycles. The van der Waals surface area contributed by atoms with E-state index < -0.39 is 0 Å². The number of hydrogen-bond acceptors (Lipinski definition) is 5. The molecular weight excluding hydrogens is 344 g/mol. The number of carbonyl (C=O) groups is 2. The van der Waals surface area contributed by atoms with Crippen LogP contribution in [0.1, 0.15) is 18.1 Å². The Morgan fingerprint density at radius 1 is 0.963 bits per heavy atom. The molecule has 1 aliphatic rings. The average molecular weight is 377 g/mol. The predicted octanol–water partition coefficient (Wildman–Crippen LogP) is 0.552. The summed E-state index contributed by atoms with van der Waals surface area (Å²) in [7, 11) is 0. The normalized spacial score (nSPS) is 15.4. The lowest BCUT2D eigenvalue weighted by Gasteiger charge is -2.33. The first-order valence-electron chi connectivity index (χ1n) is 9.66. The van der Waals surface area contributed by atoms with Gasteiger partial charge in [-0.05, 0) is 31.9 Å². The van der Waals surface area contributed by atoms with Crippen LogP contribution in [-0.4, -0.2) is 80.6 Å². The number of nitrogens with zero attached hydrogens (tertiary/aromatic N) is 2. The zero-order valence-electron chi connectivity index (χ0n) is 16.7. The van der Waals surface area contributed by atoms with E-state index in [1.165, 1.54) is 0 Å². The first-order chi connectivity index (χ1) is 13.0. The predicted molar refractivity (Wildman–Crippen MR) is 106 cm³/mol. The molecule has 1 aliphatic heterocycles. The van der Waals surface area contributed by atoms with E-state index in [9.17, 15) is 9.59 Å². The molecule has 150 valence electrons. The number of benzene rings is 1. The van der Waals surface area contributed by atoms with Gasteiger partial charge in [-0.2, -0.15) is 0 Å². The molecule has 0 atom stereocenters. The van der Waals surface area contributed by atoms with E-state index in [-0.39, 0.29) is 11.8 Å². The Bertz CT molecular complexity index is 607. The summed E-state index contributed by atoms with van der Waals surface area (Å²) in [6.07, 6.45) is 0. The summed E-state index contributed by atoms with van der Waals surface area (Å²) in [5, 5.41) is 5.73. The molecule has 27 heavy (non-hydrogen) atoms. The second kappa shape index (κ2) is 10.9. The fourth-order valence-electron chi connectivity index (χ4n) is 3.19. The van der Waals surface area contributed by atoms with Gasteiger partial charge in [0.05, 0.1) is 19.6 Å². The number of ether oxygens (including phenoxy) is 1. The number of hydrogen-bond donors (Lipinski definition) is 2. The van der Waals surface area contributed by atoms with Crippen molar-refractivity contribution in [3.8, 4) is 5.75 Å². The molecular formula is C20H32N4O3. The van der Waals surface area contributed by atoms with Crippen LogP contribution in [0.25, 0.3) is 0 Å². The van der Waals surface area contributed by atoms with Gasteiger partial charge in [0.2, 0.25) is 11.8 Å². The van der Waals surface area contributed by atoms with Crippen LogP contribution >= 0.6 is 0 Å². The molecule has 0 unspecified atom stereocenters. The molecule has 1 aromatic carbocycles. The molecule has 7 nitrogen and oxygen atoms in total. The van der Waals surface area contributed by atoms with E-state index in [0.29, 0.717) is 32.8 Å². The van der Waals surface area contributed by atoms with Crippen molar-refractivity contribution in [1.82, 2.24) is 20.4 Å². The lowest BCUT2D eigenvalue weighted by molar-refractivity contribution is -0.125. The number of carbonyl (C=O) groups excluding carboxylic acids is 2. The van der Waals surface area contributed by atoms with Gasteiger partial charge in [0.15, 0.2) is 0 Å². The monoisotopic (exact) mass is 376 g/mol. The van der Waals surface area contributed by atoms with E-state index in [1.807, 2.05) is 39.0 Å². The fourth-order valence-corrected chi connectivity index (χ4v) is 3.19. The zero-order valence-corrected chi connectivity index (χ0v) is 16.7. The Morgan fingerprint density at radius 2 is 1.48 bits per heavy atom. The smallest absolute Gasteiger partial charge is 0.234 e. The maximum absolute atomic E-state index is 12.1. The van der Waals surface area contributed by atoms with Crippen molar-refractivity contribution < 1.29 is 14.3 Å². The molecule has 0 saturated carbocycles. The number of likely N-dealkylation sites (N-methyl/N-ethyl adjacent to an activating group) is 1. The van der Waals surface area contributed by atoms with Crippen LogP contribution in [0.4, 0.5) is 0 Å². The molecule has 0 aliphatic carbocycles. The molecule has 2 amide bonds. The van der Waals surface area contributed by atoms with E-state index in [4.69, 9.17) is 4.74 Å². The Morgan fingerprint density at radius 3 is 2.00 bits per heavy atom. The number of piperazine rings is 1. The largest absolute Gasteiger partial charge is 0.491 e. The lowest BCUT2D eigenvalue weighted by Crippen LogP contribution is -2.51. The van der Waals surface area contributed by atoms with E-state index in [2.05, 4.69) is 20.4 Å². The minimum atomic E-state index is 0.0114. The number of rotatable bonds is 9. The number of para-hydroxylation sites is 1. The maximum Gasteiger partial charge on any atom is 0.234 e. The highest BCUT2D eigenvalue weighted by atomic mass is 16.5. The van der Waals surface area contributed by atoms with Crippen molar-refractivity contribution in [3.63, 3.8) is 0 Å². The quantitative estimate of drug-likeness (QED) is 0.616. The van der Waals surface area contributed by atoms with Crippen molar-refractivity contribution in [1.29, 1.82) is 0 Å². The van der Waals surface area contributed by atoms with Gasteiger partial charge < -0.3 is 15.4 Å². The minimum Gasteiger partial charge on any atom is -0.491 e. The van der Waals surface area contributed by atoms with Gasteiger partial charge in [-0.15, -0.1) is 0 Å². The molecule has 0 radical (unpaired) electrons. The van der Waals surface area contributed by atoms with Crippen molar-refractivity contribution >= 4 is 11.8 Å². The number of nitrogens with one attached hydrogen (secondary N) is 2. The highest BCUT2D eigenvalue weighted by molar-refractivity contribution is 5.78. The van der Waals surface area contributed by atoms with Gasteiger partial charge in [-0.1, -0.05) is 18.2 Å². The van der Waals surface area contributed by atoms with Gasteiger partial charge in [0, 0.05) is 32.7 Å². The van der Waals surface area contributed by atoms with Crippen LogP contribution in [0.15, 0.2) is 18.2 Å². The van der Waals surface area contributed by atoms with Gasteiger partial charge in [-0.25, -0.2) is 0 Å². The van der Waals surface area contributed by atoms with E-state index >= 15 is 0 Å². The second-order valence-electron chi connectivity index (χ2n) is 6.93. The summed E-state index contributed by atoms with van der Waals surface area (Å²) in [6, 6.07) is 6.05. The van der Waals surface area contributed by atoms with E-state index in [0.717, 1.165) is 43.1 Å². The lowest BCUT2D eigenvalue weighted by atomic mass is 10.1. The SMILES string of the molecule is CCNC(=O)CN1CCN(CC(=O)NCCOc2c(C)cccc2C)CC1. The molecule has 2 N–H and O–H groups in total. The van der Waals surface area contributed by atoms with Crippen LogP contribution in [0, 0.1) is 13.8 Å². The van der Waals surface area contributed by atoms with E-state index in [1.54, 1.807) is 0 Å². The molecule has 1 fully saturated rings. The summed E-state index contributed by atoms with van der Waals surface area (Å²) in [6.45, 7) is 11.6. The number of aryl methyl sites for hydroxylation is 2. The summed E-state index contributed by atoms with van der Waals surface area (Å²) < 4.78 is 5.81. The first-order valence-corrected chi connectivity index (χ1v) is 9.66. The summed E-state index contributed by atoms with van der Waals surface area (Å²) >= 11 is 0. The Balaban J connectivity index is 1.61. The van der Waals surface area contributed by atoms with Crippen molar-refractivity contribution in [2.75, 3.05) is 59.0 Å². The van der Waals surface area contributed by atoms with Crippen LogP contribution in [0.5, 0.6) is 5.75 Å². The topological polar surface area (TPSA) is 73.9 Å². The molecule has 7 heteroatoms. The molecule has 1 aromatic rings. The van der Waals surface area contributed by atoms with Crippen LogP contribution in [-0.2, 0) is 9.59 Å². The summed E-state index contributed by atoms with van der Waals surface area (Å²) in [5.41, 5.74) is 2.21. The summed E-state index contributed by atoms with van der Waals surface area (Å²) in [4.78, 5) is 28.0. The maximum atomic E-state index is 12.1. The van der Waals surface area contributed by atoms with Gasteiger partial charge in [0.25, 0.3) is 0 Å². The average Bonchev–Trinajstić information content (AvgIpc) is 2.62. The molecule has 1 saturated heterocycles. The van der Waals surface area contributed by atoms with Crippen LogP contribution in [0.3, 0.4) is 0 Å².